The molecule has 0 bridgehead atoms. The summed E-state index contributed by atoms with van der Waals surface area (Å²) < 4.78 is 2.34. The third-order valence-electron chi connectivity index (χ3n) is 5.18. The van der Waals surface area contributed by atoms with Crippen LogP contribution in [0.15, 0.2) is 23.1 Å². The molecule has 5 heteroatoms. The largest absolute Gasteiger partial charge is 0.346 e. The summed E-state index contributed by atoms with van der Waals surface area (Å²) in [5.74, 6) is -0.157. The number of amides is 1. The number of thiophene rings is 1. The summed E-state index contributed by atoms with van der Waals surface area (Å²) in [7, 11) is 0. The second-order valence-electron chi connectivity index (χ2n) is 6.94. The van der Waals surface area contributed by atoms with Gasteiger partial charge in [-0.1, -0.05) is 0 Å². The Kier molecular flexibility index (Phi) is 4.01. The van der Waals surface area contributed by atoms with Crippen molar-refractivity contribution in [2.75, 3.05) is 6.54 Å². The molecule has 0 saturated heterocycles. The maximum absolute atomic E-state index is 12.8. The van der Waals surface area contributed by atoms with Crippen molar-refractivity contribution in [1.29, 1.82) is 5.26 Å². The minimum Gasteiger partial charge on any atom is -0.346 e. The molecule has 1 aliphatic heterocycles. The van der Waals surface area contributed by atoms with Gasteiger partial charge in [0.05, 0.1) is 0 Å². The van der Waals surface area contributed by atoms with Gasteiger partial charge in [0, 0.05) is 35.4 Å². The first-order valence-corrected chi connectivity index (χ1v) is 9.61. The van der Waals surface area contributed by atoms with Crippen LogP contribution in [0.2, 0.25) is 0 Å². The molecule has 0 N–H and O–H groups in total. The number of rotatable bonds is 3. The molecule has 4 nitrogen and oxygen atoms in total. The highest BCUT2D eigenvalue weighted by Crippen LogP contribution is 2.38. The summed E-state index contributed by atoms with van der Waals surface area (Å²) in [6.07, 6.45) is 5.10. The molecule has 3 heterocycles. The predicted octanol–water partition coefficient (Wildman–Crippen LogP) is 3.99. The van der Waals surface area contributed by atoms with Gasteiger partial charge < -0.3 is 9.47 Å². The van der Waals surface area contributed by atoms with Crippen LogP contribution < -0.4 is 0 Å². The minimum absolute atomic E-state index is 0.157. The summed E-state index contributed by atoms with van der Waals surface area (Å²) in [5, 5.41) is 11.6. The number of aryl methyl sites for hydroxylation is 1. The van der Waals surface area contributed by atoms with Crippen LogP contribution >= 0.6 is 11.3 Å². The first kappa shape index (κ1) is 16.2. The third-order valence-corrected chi connectivity index (χ3v) is 6.20. The number of hydrogen-bond donors (Lipinski definition) is 0. The zero-order valence-corrected chi connectivity index (χ0v) is 15.4. The molecule has 1 aliphatic carbocycles. The predicted molar refractivity (Wildman–Crippen MR) is 99.2 cm³/mol. The van der Waals surface area contributed by atoms with Gasteiger partial charge in [-0.3, -0.25) is 4.79 Å². The molecule has 1 amide bonds. The van der Waals surface area contributed by atoms with E-state index in [1.165, 1.54) is 29.0 Å². The van der Waals surface area contributed by atoms with Gasteiger partial charge >= 0.3 is 0 Å². The fourth-order valence-corrected chi connectivity index (χ4v) is 4.62. The van der Waals surface area contributed by atoms with Crippen LogP contribution in [0.3, 0.4) is 0 Å². The number of nitriles is 1. The van der Waals surface area contributed by atoms with E-state index in [9.17, 15) is 10.1 Å². The fourth-order valence-electron chi connectivity index (χ4n) is 3.73. The Morgan fingerprint density at radius 2 is 2.20 bits per heavy atom. The topological polar surface area (TPSA) is 49.0 Å². The zero-order valence-electron chi connectivity index (χ0n) is 14.6. The van der Waals surface area contributed by atoms with E-state index in [0.29, 0.717) is 19.1 Å². The lowest BCUT2D eigenvalue weighted by molar-refractivity contribution is -0.127. The maximum Gasteiger partial charge on any atom is 0.264 e. The van der Waals surface area contributed by atoms with E-state index in [1.807, 2.05) is 0 Å². The van der Waals surface area contributed by atoms with E-state index < -0.39 is 0 Å². The van der Waals surface area contributed by atoms with Crippen LogP contribution in [0.25, 0.3) is 6.08 Å². The molecule has 0 spiro atoms. The summed E-state index contributed by atoms with van der Waals surface area (Å²) in [6.45, 7) is 5.47. The SMILES string of the molecule is Cc1cc(/C=C(\C#N)C(=O)N2CCc3sccc3C2)c(C)n1C1CC1. The molecular weight excluding hydrogens is 330 g/mol. The lowest BCUT2D eigenvalue weighted by Crippen LogP contribution is -2.36. The Morgan fingerprint density at radius 1 is 1.40 bits per heavy atom. The van der Waals surface area contributed by atoms with Gasteiger partial charge in [0.2, 0.25) is 0 Å². The average molecular weight is 351 g/mol. The quantitative estimate of drug-likeness (QED) is 0.620. The number of carbonyl (C=O) groups is 1. The number of nitrogens with zero attached hydrogens (tertiary/aromatic N) is 3. The third kappa shape index (κ3) is 2.91. The van der Waals surface area contributed by atoms with Crippen molar-refractivity contribution >= 4 is 23.3 Å². The molecule has 128 valence electrons. The highest BCUT2D eigenvalue weighted by Gasteiger charge is 2.28. The highest BCUT2D eigenvalue weighted by atomic mass is 32.1. The molecule has 0 unspecified atom stereocenters. The number of carbonyl (C=O) groups excluding carboxylic acids is 1. The summed E-state index contributed by atoms with van der Waals surface area (Å²) in [5.41, 5.74) is 4.79. The van der Waals surface area contributed by atoms with E-state index >= 15 is 0 Å². The van der Waals surface area contributed by atoms with Crippen LogP contribution in [0.4, 0.5) is 0 Å². The number of hydrogen-bond acceptors (Lipinski definition) is 3. The highest BCUT2D eigenvalue weighted by molar-refractivity contribution is 7.10. The zero-order chi connectivity index (χ0) is 17.6. The molecule has 0 radical (unpaired) electrons. The first-order valence-electron chi connectivity index (χ1n) is 8.73. The van der Waals surface area contributed by atoms with Crippen molar-refractivity contribution in [3.63, 3.8) is 0 Å². The monoisotopic (exact) mass is 351 g/mol. The summed E-state index contributed by atoms with van der Waals surface area (Å²) >= 11 is 1.75. The van der Waals surface area contributed by atoms with Crippen LogP contribution in [0.1, 0.15) is 46.3 Å². The molecule has 25 heavy (non-hydrogen) atoms. The summed E-state index contributed by atoms with van der Waals surface area (Å²) in [6, 6.07) is 6.90. The van der Waals surface area contributed by atoms with Crippen LogP contribution in [-0.2, 0) is 17.8 Å². The standard InChI is InChI=1S/C20H21N3OS/c1-13-9-16(14(2)23(13)18-3-4-18)10-17(11-21)20(24)22-7-5-19-15(12-22)6-8-25-19/h6,8-10,18H,3-5,7,12H2,1-2H3/b17-10+. The molecule has 1 fully saturated rings. The van der Waals surface area contributed by atoms with Crippen LogP contribution in [0, 0.1) is 25.2 Å². The molecule has 0 atom stereocenters. The van der Waals surface area contributed by atoms with Crippen LogP contribution in [0.5, 0.6) is 0 Å². The number of fused-ring (bicyclic) bond motifs is 1. The minimum atomic E-state index is -0.157. The molecule has 4 rings (SSSR count). The van der Waals surface area contributed by atoms with E-state index in [2.05, 4.69) is 42.0 Å². The van der Waals surface area contributed by atoms with Crippen LogP contribution in [-0.4, -0.2) is 21.9 Å². The Bertz CT molecular complexity index is 908. The Balaban J connectivity index is 1.60. The lowest BCUT2D eigenvalue weighted by atomic mass is 10.1. The first-order chi connectivity index (χ1) is 12.1. The van der Waals surface area contributed by atoms with Gasteiger partial charge in [-0.2, -0.15) is 5.26 Å². The van der Waals surface area contributed by atoms with Crippen molar-refractivity contribution in [3.8, 4) is 6.07 Å². The van der Waals surface area contributed by atoms with E-state index in [0.717, 1.165) is 17.7 Å². The van der Waals surface area contributed by atoms with Gasteiger partial charge in [0.1, 0.15) is 11.6 Å². The Morgan fingerprint density at radius 3 is 2.92 bits per heavy atom. The second-order valence-corrected chi connectivity index (χ2v) is 7.94. The van der Waals surface area contributed by atoms with Gasteiger partial charge in [0.15, 0.2) is 0 Å². The van der Waals surface area contributed by atoms with Crippen molar-refractivity contribution in [2.24, 2.45) is 0 Å². The van der Waals surface area contributed by atoms with Gasteiger partial charge in [0.25, 0.3) is 5.91 Å². The van der Waals surface area contributed by atoms with E-state index in [1.54, 1.807) is 22.3 Å². The fraction of sp³-hybridized carbons (Fsp3) is 0.400. The van der Waals surface area contributed by atoms with Crippen molar-refractivity contribution in [2.45, 2.75) is 45.7 Å². The van der Waals surface area contributed by atoms with Gasteiger partial charge in [-0.15, -0.1) is 11.3 Å². The van der Waals surface area contributed by atoms with Crippen molar-refractivity contribution in [3.05, 3.63) is 50.5 Å². The smallest absolute Gasteiger partial charge is 0.264 e. The Hall–Kier alpha value is -2.32. The van der Waals surface area contributed by atoms with Gasteiger partial charge in [-0.05, 0) is 67.8 Å². The lowest BCUT2D eigenvalue weighted by Gasteiger charge is -2.26. The molecule has 0 aromatic carbocycles. The second kappa shape index (κ2) is 6.20. The van der Waals surface area contributed by atoms with Gasteiger partial charge in [-0.25, -0.2) is 0 Å². The van der Waals surface area contributed by atoms with Crippen molar-refractivity contribution in [1.82, 2.24) is 9.47 Å². The van der Waals surface area contributed by atoms with E-state index in [-0.39, 0.29) is 11.5 Å². The Labute approximate surface area is 152 Å². The molecule has 2 aliphatic rings. The normalized spacial score (nSPS) is 17.3. The molecular formula is C20H21N3OS. The van der Waals surface area contributed by atoms with E-state index in [4.69, 9.17) is 0 Å². The summed E-state index contributed by atoms with van der Waals surface area (Å²) in [4.78, 5) is 16.0. The maximum atomic E-state index is 12.8. The average Bonchev–Trinajstić information content (AvgIpc) is 3.25. The molecule has 1 saturated carbocycles. The molecule has 2 aromatic rings. The van der Waals surface area contributed by atoms with Crippen molar-refractivity contribution < 1.29 is 4.79 Å². The molecule has 2 aromatic heterocycles. The number of aromatic nitrogens is 1.